The number of nitrogens with one attached hydrogen (secondary N) is 1. The van der Waals surface area contributed by atoms with E-state index in [0.717, 1.165) is 23.8 Å². The molecule has 1 aliphatic carbocycles. The summed E-state index contributed by atoms with van der Waals surface area (Å²) >= 11 is 0. The van der Waals surface area contributed by atoms with Gasteiger partial charge in [0.15, 0.2) is 4.90 Å². The van der Waals surface area contributed by atoms with E-state index < -0.39 is 38.7 Å². The molecule has 1 fully saturated rings. The molecule has 0 bridgehead atoms. The summed E-state index contributed by atoms with van der Waals surface area (Å²) in [6.07, 6.45) is 0.838. The lowest BCUT2D eigenvalue weighted by molar-refractivity contribution is 0.0283. The third kappa shape index (κ3) is 4.05. The van der Waals surface area contributed by atoms with E-state index in [0.29, 0.717) is 19.3 Å². The van der Waals surface area contributed by atoms with E-state index in [1.807, 2.05) is 30.3 Å². The summed E-state index contributed by atoms with van der Waals surface area (Å²) in [5.41, 5.74) is 0.908. The molecule has 0 heterocycles. The van der Waals surface area contributed by atoms with Gasteiger partial charge in [-0.2, -0.15) is 0 Å². The van der Waals surface area contributed by atoms with Crippen molar-refractivity contribution in [3.8, 4) is 0 Å². The molecule has 2 aromatic carbocycles. The molecule has 25 heavy (non-hydrogen) atoms. The van der Waals surface area contributed by atoms with Gasteiger partial charge in [0.25, 0.3) is 0 Å². The Morgan fingerprint density at radius 1 is 1.04 bits per heavy atom. The molecule has 0 aliphatic heterocycles. The molecule has 134 valence electrons. The monoisotopic (exact) mass is 367 g/mol. The average molecular weight is 367 g/mol. The summed E-state index contributed by atoms with van der Waals surface area (Å²) in [4.78, 5) is -0.965. The summed E-state index contributed by atoms with van der Waals surface area (Å²) in [5, 5.41) is 9.54. The van der Waals surface area contributed by atoms with Gasteiger partial charge >= 0.3 is 0 Å². The molecule has 0 aromatic heterocycles. The molecular formula is C18H19F2NO3S. The summed E-state index contributed by atoms with van der Waals surface area (Å²) in [5.74, 6) is -2.33. The number of halogens is 2. The highest BCUT2D eigenvalue weighted by Crippen LogP contribution is 2.33. The zero-order valence-electron chi connectivity index (χ0n) is 13.4. The van der Waals surface area contributed by atoms with Crippen molar-refractivity contribution in [1.29, 1.82) is 0 Å². The van der Waals surface area contributed by atoms with Crippen molar-refractivity contribution in [1.82, 2.24) is 4.72 Å². The molecule has 1 saturated carbocycles. The second kappa shape index (κ2) is 7.19. The fourth-order valence-corrected chi connectivity index (χ4v) is 4.57. The summed E-state index contributed by atoms with van der Waals surface area (Å²) < 4.78 is 55.3. The van der Waals surface area contributed by atoms with Crippen LogP contribution in [0.4, 0.5) is 8.78 Å². The van der Waals surface area contributed by atoms with E-state index in [-0.39, 0.29) is 5.92 Å². The van der Waals surface area contributed by atoms with E-state index >= 15 is 0 Å². The lowest BCUT2D eigenvalue weighted by atomic mass is 9.76. The summed E-state index contributed by atoms with van der Waals surface area (Å²) in [6, 6.07) is 11.7. The number of aliphatic hydroxyl groups excluding tert-OH is 1. The molecule has 7 heteroatoms. The van der Waals surface area contributed by atoms with Crippen LogP contribution >= 0.6 is 0 Å². The third-order valence-corrected chi connectivity index (χ3v) is 6.05. The second-order valence-electron chi connectivity index (χ2n) is 6.35. The maximum absolute atomic E-state index is 13.9. The van der Waals surface area contributed by atoms with Gasteiger partial charge in [0.05, 0.1) is 6.10 Å². The predicted octanol–water partition coefficient (Wildman–Crippen LogP) is 2.63. The fraction of sp³-hybridized carbons (Fsp3) is 0.333. The molecule has 0 radical (unpaired) electrons. The quantitative estimate of drug-likeness (QED) is 0.825. The Hall–Kier alpha value is -1.83. The Kier molecular flexibility index (Phi) is 5.17. The molecule has 1 unspecified atom stereocenters. The standard InChI is InChI=1S/C18H19F2NO3S/c19-15-7-4-8-16(20)18(15)25(23,24)21-17(13-10-14(22)11-13)9-12-5-2-1-3-6-12/h1-8,13-14,17,21-22H,9-11H2. The molecular weight excluding hydrogens is 348 g/mol. The Balaban J connectivity index is 1.86. The van der Waals surface area contributed by atoms with E-state index in [1.165, 1.54) is 0 Å². The SMILES string of the molecule is O=S(=O)(NC(Cc1ccccc1)C1CC(O)C1)c1c(F)cccc1F. The van der Waals surface area contributed by atoms with Gasteiger partial charge < -0.3 is 5.11 Å². The third-order valence-electron chi connectivity index (χ3n) is 4.51. The van der Waals surface area contributed by atoms with Crippen LogP contribution in [0.2, 0.25) is 0 Å². The van der Waals surface area contributed by atoms with Gasteiger partial charge in [-0.05, 0) is 42.9 Å². The number of aliphatic hydroxyl groups is 1. The smallest absolute Gasteiger partial charge is 0.246 e. The van der Waals surface area contributed by atoms with Crippen LogP contribution < -0.4 is 4.72 Å². The van der Waals surface area contributed by atoms with Gasteiger partial charge in [-0.3, -0.25) is 0 Å². The van der Waals surface area contributed by atoms with E-state index in [9.17, 15) is 22.3 Å². The zero-order chi connectivity index (χ0) is 18.0. The van der Waals surface area contributed by atoms with Crippen LogP contribution in [-0.4, -0.2) is 25.7 Å². The van der Waals surface area contributed by atoms with Gasteiger partial charge in [-0.15, -0.1) is 0 Å². The van der Waals surface area contributed by atoms with Crippen molar-refractivity contribution in [3.63, 3.8) is 0 Å². The molecule has 2 N–H and O–H groups in total. The number of rotatable bonds is 6. The van der Waals surface area contributed by atoms with Crippen LogP contribution in [0.15, 0.2) is 53.4 Å². The van der Waals surface area contributed by atoms with Crippen LogP contribution in [0.25, 0.3) is 0 Å². The maximum Gasteiger partial charge on any atom is 0.246 e. The maximum atomic E-state index is 13.9. The summed E-state index contributed by atoms with van der Waals surface area (Å²) in [7, 11) is -4.36. The first kappa shape index (κ1) is 18.0. The van der Waals surface area contributed by atoms with Crippen LogP contribution in [0, 0.1) is 17.6 Å². The number of hydrogen-bond acceptors (Lipinski definition) is 3. The normalized spacial score (nSPS) is 21.6. The molecule has 2 aromatic rings. The van der Waals surface area contributed by atoms with Gasteiger partial charge in [-0.25, -0.2) is 21.9 Å². The highest BCUT2D eigenvalue weighted by molar-refractivity contribution is 7.89. The van der Waals surface area contributed by atoms with Crippen molar-refractivity contribution >= 4 is 10.0 Å². The fourth-order valence-electron chi connectivity index (χ4n) is 3.13. The predicted molar refractivity (Wildman–Crippen MR) is 89.3 cm³/mol. The van der Waals surface area contributed by atoms with Gasteiger partial charge in [-0.1, -0.05) is 36.4 Å². The molecule has 4 nitrogen and oxygen atoms in total. The van der Waals surface area contributed by atoms with Crippen molar-refractivity contribution in [2.24, 2.45) is 5.92 Å². The minimum absolute atomic E-state index is 0.0835. The minimum Gasteiger partial charge on any atom is -0.393 e. The van der Waals surface area contributed by atoms with Gasteiger partial charge in [0.2, 0.25) is 10.0 Å². The molecule has 0 spiro atoms. The first-order chi connectivity index (χ1) is 11.9. The van der Waals surface area contributed by atoms with E-state index in [2.05, 4.69) is 4.72 Å². The number of hydrogen-bond donors (Lipinski definition) is 2. The minimum atomic E-state index is -4.36. The van der Waals surface area contributed by atoms with E-state index in [4.69, 9.17) is 0 Å². The lowest BCUT2D eigenvalue weighted by Gasteiger charge is -2.38. The Morgan fingerprint density at radius 3 is 2.20 bits per heavy atom. The highest BCUT2D eigenvalue weighted by Gasteiger charge is 2.37. The van der Waals surface area contributed by atoms with Crippen LogP contribution in [0.1, 0.15) is 18.4 Å². The van der Waals surface area contributed by atoms with Crippen molar-refractivity contribution in [2.75, 3.05) is 0 Å². The topological polar surface area (TPSA) is 66.4 Å². The van der Waals surface area contributed by atoms with Crippen molar-refractivity contribution in [2.45, 2.75) is 36.3 Å². The second-order valence-corrected chi connectivity index (χ2v) is 8.00. The largest absolute Gasteiger partial charge is 0.393 e. The molecule has 1 atom stereocenters. The van der Waals surface area contributed by atoms with Gasteiger partial charge in [0, 0.05) is 6.04 Å². The molecule has 1 aliphatic rings. The molecule has 0 amide bonds. The Bertz CT molecular complexity index is 816. The number of sulfonamides is 1. The van der Waals surface area contributed by atoms with E-state index in [1.54, 1.807) is 0 Å². The lowest BCUT2D eigenvalue weighted by Crippen LogP contribution is -2.48. The Morgan fingerprint density at radius 2 is 1.64 bits per heavy atom. The van der Waals surface area contributed by atoms with Crippen LogP contribution in [0.3, 0.4) is 0 Å². The first-order valence-corrected chi connectivity index (χ1v) is 9.53. The zero-order valence-corrected chi connectivity index (χ0v) is 14.2. The van der Waals surface area contributed by atoms with Crippen molar-refractivity contribution < 1.29 is 22.3 Å². The average Bonchev–Trinajstić information content (AvgIpc) is 2.51. The highest BCUT2D eigenvalue weighted by atomic mass is 32.2. The molecule has 3 rings (SSSR count). The van der Waals surface area contributed by atoms with Crippen LogP contribution in [-0.2, 0) is 16.4 Å². The molecule has 0 saturated heterocycles. The van der Waals surface area contributed by atoms with Crippen LogP contribution in [0.5, 0.6) is 0 Å². The first-order valence-electron chi connectivity index (χ1n) is 8.05. The Labute approximate surface area is 145 Å². The van der Waals surface area contributed by atoms with Gasteiger partial charge in [0.1, 0.15) is 11.6 Å². The van der Waals surface area contributed by atoms with Crippen molar-refractivity contribution in [3.05, 3.63) is 65.7 Å². The summed E-state index contributed by atoms with van der Waals surface area (Å²) in [6.45, 7) is 0. The number of benzene rings is 2.